The van der Waals surface area contributed by atoms with Gasteiger partial charge in [-0.15, -0.1) is 0 Å². The summed E-state index contributed by atoms with van der Waals surface area (Å²) in [5.41, 5.74) is 1.61. The summed E-state index contributed by atoms with van der Waals surface area (Å²) in [6.07, 6.45) is 0. The molecule has 0 unspecified atom stereocenters. The van der Waals surface area contributed by atoms with Gasteiger partial charge in [-0.25, -0.2) is 4.39 Å². The molecule has 2 aromatic carbocycles. The first-order valence-electron chi connectivity index (χ1n) is 5.77. The second-order valence-electron chi connectivity index (χ2n) is 4.34. The molecular weight excluding hydrogens is 329 g/mol. The number of ether oxygens (including phenoxy) is 1. The average Bonchev–Trinajstić information content (AvgIpc) is 2.38. The molecule has 4 nitrogen and oxygen atoms in total. The number of non-ortho nitro benzene ring substituents is 1. The minimum absolute atomic E-state index is 0.0447. The highest BCUT2D eigenvalue weighted by molar-refractivity contribution is 9.10. The van der Waals surface area contributed by atoms with Crippen molar-refractivity contribution < 1.29 is 14.1 Å². The van der Waals surface area contributed by atoms with Crippen molar-refractivity contribution >= 4 is 21.6 Å². The number of nitrogens with zero attached hydrogens (tertiary/aromatic N) is 1. The van der Waals surface area contributed by atoms with Crippen LogP contribution in [0.2, 0.25) is 0 Å². The normalized spacial score (nSPS) is 10.4. The van der Waals surface area contributed by atoms with Gasteiger partial charge in [-0.05, 0) is 43.2 Å². The van der Waals surface area contributed by atoms with Gasteiger partial charge in [0, 0.05) is 10.5 Å². The number of benzene rings is 2. The van der Waals surface area contributed by atoms with E-state index in [0.717, 1.165) is 21.7 Å². The number of hydrogen-bond donors (Lipinski definition) is 0. The molecular formula is C14H11BrFNO3. The van der Waals surface area contributed by atoms with E-state index >= 15 is 0 Å². The summed E-state index contributed by atoms with van der Waals surface area (Å²) in [5, 5.41) is 10.5. The Balaban J connectivity index is 2.33. The van der Waals surface area contributed by atoms with Crippen LogP contribution < -0.4 is 4.74 Å². The third kappa shape index (κ3) is 2.96. The van der Waals surface area contributed by atoms with Gasteiger partial charge in [0.2, 0.25) is 0 Å². The number of aryl methyl sites for hydroxylation is 2. The van der Waals surface area contributed by atoms with Gasteiger partial charge in [-0.2, -0.15) is 0 Å². The van der Waals surface area contributed by atoms with Crippen molar-refractivity contribution in [1.29, 1.82) is 0 Å². The van der Waals surface area contributed by atoms with Crippen LogP contribution in [-0.4, -0.2) is 4.92 Å². The van der Waals surface area contributed by atoms with E-state index in [1.165, 1.54) is 12.1 Å². The maximum atomic E-state index is 13.7. The van der Waals surface area contributed by atoms with Crippen molar-refractivity contribution in [2.75, 3.05) is 0 Å². The van der Waals surface area contributed by atoms with Crippen LogP contribution in [0.1, 0.15) is 11.1 Å². The fourth-order valence-electron chi connectivity index (χ4n) is 1.78. The Morgan fingerprint density at radius 2 is 1.80 bits per heavy atom. The molecule has 0 saturated heterocycles. The number of hydrogen-bond acceptors (Lipinski definition) is 3. The molecule has 6 heteroatoms. The Kier molecular flexibility index (Phi) is 4.04. The van der Waals surface area contributed by atoms with Crippen LogP contribution in [-0.2, 0) is 0 Å². The molecule has 2 rings (SSSR count). The molecule has 0 fully saturated rings. The predicted octanol–water partition coefficient (Wildman–Crippen LogP) is 4.91. The average molecular weight is 340 g/mol. The third-order valence-electron chi connectivity index (χ3n) is 2.76. The van der Waals surface area contributed by atoms with Gasteiger partial charge in [0.25, 0.3) is 5.69 Å². The summed E-state index contributed by atoms with van der Waals surface area (Å²) in [4.78, 5) is 9.89. The van der Waals surface area contributed by atoms with Gasteiger partial charge in [0.1, 0.15) is 5.75 Å². The first-order chi connectivity index (χ1) is 9.38. The smallest absolute Gasteiger partial charge is 0.272 e. The van der Waals surface area contributed by atoms with Gasteiger partial charge in [0.05, 0.1) is 11.0 Å². The highest BCUT2D eigenvalue weighted by Crippen LogP contribution is 2.31. The van der Waals surface area contributed by atoms with E-state index < -0.39 is 10.7 Å². The first-order valence-corrected chi connectivity index (χ1v) is 6.56. The molecule has 0 heterocycles. The summed E-state index contributed by atoms with van der Waals surface area (Å²) in [6, 6.07) is 6.82. The lowest BCUT2D eigenvalue weighted by Crippen LogP contribution is -1.93. The van der Waals surface area contributed by atoms with Crippen molar-refractivity contribution in [2.45, 2.75) is 13.8 Å². The van der Waals surface area contributed by atoms with E-state index in [2.05, 4.69) is 15.9 Å². The van der Waals surface area contributed by atoms with Gasteiger partial charge < -0.3 is 4.74 Å². The fourth-order valence-corrected chi connectivity index (χ4v) is 2.01. The molecule has 0 aliphatic carbocycles. The molecule has 0 amide bonds. The Morgan fingerprint density at radius 1 is 1.20 bits per heavy atom. The molecule has 2 aromatic rings. The van der Waals surface area contributed by atoms with Crippen molar-refractivity contribution in [3.8, 4) is 11.5 Å². The molecule has 0 aliphatic rings. The zero-order valence-electron chi connectivity index (χ0n) is 10.8. The lowest BCUT2D eigenvalue weighted by molar-refractivity contribution is -0.385. The molecule has 0 bridgehead atoms. The molecule has 0 saturated carbocycles. The standard InChI is InChI=1S/C14H11BrFNO3/c1-8-5-11(6-9(2)14(8)15)20-13-4-3-10(17(18)19)7-12(13)16/h3-7H,1-2H3. The van der Waals surface area contributed by atoms with Crippen molar-refractivity contribution in [3.63, 3.8) is 0 Å². The molecule has 104 valence electrons. The SMILES string of the molecule is Cc1cc(Oc2ccc([N+](=O)[O-])cc2F)cc(C)c1Br. The molecule has 0 aliphatic heterocycles. The van der Waals surface area contributed by atoms with Crippen LogP contribution in [0.4, 0.5) is 10.1 Å². The number of nitro groups is 1. The highest BCUT2D eigenvalue weighted by Gasteiger charge is 2.13. The summed E-state index contributed by atoms with van der Waals surface area (Å²) in [5.74, 6) is -0.329. The van der Waals surface area contributed by atoms with E-state index in [9.17, 15) is 14.5 Å². The Morgan fingerprint density at radius 3 is 2.30 bits per heavy atom. The van der Waals surface area contributed by atoms with Crippen molar-refractivity contribution in [3.05, 3.63) is 61.9 Å². The van der Waals surface area contributed by atoms with Crippen LogP contribution >= 0.6 is 15.9 Å². The van der Waals surface area contributed by atoms with E-state index in [1.807, 2.05) is 13.8 Å². The van der Waals surface area contributed by atoms with E-state index in [0.29, 0.717) is 5.75 Å². The first kappa shape index (κ1) is 14.5. The van der Waals surface area contributed by atoms with Crippen LogP contribution in [0.5, 0.6) is 11.5 Å². The molecule has 0 aromatic heterocycles. The lowest BCUT2D eigenvalue weighted by Gasteiger charge is -2.10. The van der Waals surface area contributed by atoms with Gasteiger partial charge >= 0.3 is 0 Å². The maximum Gasteiger partial charge on any atom is 0.272 e. The maximum absolute atomic E-state index is 13.7. The van der Waals surface area contributed by atoms with E-state index in [-0.39, 0.29) is 11.4 Å². The molecule has 0 spiro atoms. The van der Waals surface area contributed by atoms with Crippen molar-refractivity contribution in [2.24, 2.45) is 0 Å². The molecule has 20 heavy (non-hydrogen) atoms. The Labute approximate surface area is 123 Å². The van der Waals surface area contributed by atoms with Crippen LogP contribution in [0.15, 0.2) is 34.8 Å². The van der Waals surface area contributed by atoms with Crippen LogP contribution in [0.3, 0.4) is 0 Å². The predicted molar refractivity (Wildman–Crippen MR) is 76.7 cm³/mol. The van der Waals surface area contributed by atoms with Crippen LogP contribution in [0.25, 0.3) is 0 Å². The molecule has 0 N–H and O–H groups in total. The molecule has 0 radical (unpaired) electrons. The Hall–Kier alpha value is -1.95. The quantitative estimate of drug-likeness (QED) is 0.589. The Bertz CT molecular complexity index is 665. The summed E-state index contributed by atoms with van der Waals surface area (Å²) >= 11 is 3.43. The van der Waals surface area contributed by atoms with E-state index in [4.69, 9.17) is 4.74 Å². The summed E-state index contributed by atoms with van der Waals surface area (Å²) in [6.45, 7) is 3.80. The van der Waals surface area contributed by atoms with Gasteiger partial charge in [-0.3, -0.25) is 10.1 Å². The molecule has 0 atom stereocenters. The summed E-state index contributed by atoms with van der Waals surface area (Å²) < 4.78 is 20.1. The second kappa shape index (κ2) is 5.58. The second-order valence-corrected chi connectivity index (χ2v) is 5.14. The zero-order valence-corrected chi connectivity index (χ0v) is 12.4. The van der Waals surface area contributed by atoms with E-state index in [1.54, 1.807) is 12.1 Å². The number of halogens is 2. The monoisotopic (exact) mass is 339 g/mol. The lowest BCUT2D eigenvalue weighted by atomic mass is 10.1. The zero-order chi connectivity index (χ0) is 14.9. The third-order valence-corrected chi connectivity index (χ3v) is 4.01. The van der Waals surface area contributed by atoms with Crippen LogP contribution in [0, 0.1) is 29.8 Å². The topological polar surface area (TPSA) is 52.4 Å². The van der Waals surface area contributed by atoms with Gasteiger partial charge in [-0.1, -0.05) is 15.9 Å². The number of nitro benzene ring substituents is 1. The van der Waals surface area contributed by atoms with Crippen molar-refractivity contribution in [1.82, 2.24) is 0 Å². The summed E-state index contributed by atoms with van der Waals surface area (Å²) in [7, 11) is 0. The fraction of sp³-hybridized carbons (Fsp3) is 0.143. The largest absolute Gasteiger partial charge is 0.454 e. The highest BCUT2D eigenvalue weighted by atomic mass is 79.9. The minimum atomic E-state index is -0.766. The van der Waals surface area contributed by atoms with Gasteiger partial charge in [0.15, 0.2) is 11.6 Å². The minimum Gasteiger partial charge on any atom is -0.454 e. The number of rotatable bonds is 3.